The number of amides is 4. The van der Waals surface area contributed by atoms with Crippen LogP contribution < -0.4 is 26.6 Å². The summed E-state index contributed by atoms with van der Waals surface area (Å²) in [6.45, 7) is 4.91. The van der Waals surface area contributed by atoms with Crippen molar-refractivity contribution in [3.05, 3.63) is 18.2 Å². The van der Waals surface area contributed by atoms with Crippen molar-refractivity contribution < 1.29 is 34.5 Å². The Hall–Kier alpha value is -3.07. The Morgan fingerprint density at radius 2 is 1.30 bits per heavy atom. The Bertz CT molecular complexity index is 1060. The Morgan fingerprint density at radius 3 is 1.80 bits per heavy atom. The Kier molecular flexibility index (Phi) is 24.8. The van der Waals surface area contributed by atoms with E-state index in [-0.39, 0.29) is 24.7 Å². The number of aliphatic hydroxyl groups is 3. The van der Waals surface area contributed by atoms with E-state index in [1.807, 2.05) is 6.92 Å². The Morgan fingerprint density at radius 1 is 0.740 bits per heavy atom. The fraction of sp³-hybridized carbons (Fsp3) is 0.806. The molecule has 0 spiro atoms. The average molecular weight is 710 g/mol. The maximum Gasteiger partial charge on any atom is 0.245 e. The van der Waals surface area contributed by atoms with Gasteiger partial charge in [-0.3, -0.25) is 24.5 Å². The van der Waals surface area contributed by atoms with Gasteiger partial charge in [0.1, 0.15) is 18.3 Å². The molecule has 0 aliphatic heterocycles. The van der Waals surface area contributed by atoms with Gasteiger partial charge < -0.3 is 41.6 Å². The number of hydrogen-bond acceptors (Lipinski definition) is 9. The van der Waals surface area contributed by atoms with Crippen molar-refractivity contribution in [1.29, 1.82) is 0 Å². The molecule has 0 radical (unpaired) electrons. The molecule has 0 saturated heterocycles. The monoisotopic (exact) mass is 710 g/mol. The van der Waals surface area contributed by atoms with Gasteiger partial charge in [0, 0.05) is 31.8 Å². The van der Waals surface area contributed by atoms with Crippen LogP contribution in [0.2, 0.25) is 0 Å². The lowest BCUT2D eigenvalue weighted by molar-refractivity contribution is -0.134. The number of nitrogens with one attached hydrogen (secondary N) is 6. The molecular formula is C36H67N7O7. The van der Waals surface area contributed by atoms with Crippen molar-refractivity contribution in [2.24, 2.45) is 0 Å². The molecule has 3 unspecified atom stereocenters. The molecule has 1 heterocycles. The number of carbonyl (C=O) groups is 4. The van der Waals surface area contributed by atoms with E-state index < -0.39 is 54.9 Å². The zero-order valence-corrected chi connectivity index (χ0v) is 31.0. The number of imidazole rings is 1. The zero-order chi connectivity index (χ0) is 37.1. The molecule has 1 rings (SSSR count). The summed E-state index contributed by atoms with van der Waals surface area (Å²) in [6, 6.07) is -4.51. The Labute approximate surface area is 299 Å². The van der Waals surface area contributed by atoms with Gasteiger partial charge in [-0.15, -0.1) is 0 Å². The van der Waals surface area contributed by atoms with E-state index in [1.165, 1.54) is 84.3 Å². The van der Waals surface area contributed by atoms with Crippen LogP contribution in [0.4, 0.5) is 0 Å². The topological polar surface area (TPSA) is 218 Å². The average Bonchev–Trinajstić information content (AvgIpc) is 3.62. The third kappa shape index (κ3) is 19.4. The largest absolute Gasteiger partial charge is 0.394 e. The number of aromatic amines is 1. The summed E-state index contributed by atoms with van der Waals surface area (Å²) < 4.78 is 0. The summed E-state index contributed by atoms with van der Waals surface area (Å²) in [4.78, 5) is 58.5. The highest BCUT2D eigenvalue weighted by Crippen LogP contribution is 2.13. The van der Waals surface area contributed by atoms with Crippen LogP contribution in [0.3, 0.4) is 0 Å². The van der Waals surface area contributed by atoms with Crippen molar-refractivity contribution in [1.82, 2.24) is 36.6 Å². The molecule has 6 atom stereocenters. The Balaban J connectivity index is 2.68. The van der Waals surface area contributed by atoms with Gasteiger partial charge in [-0.2, -0.15) is 0 Å². The standard InChI is InChI=1S/C36H67N7O7/c1-5-7-9-10-11-12-13-14-15-16-17-18-19-21-31(46)40-30(24-44)35(49)42-29(22-27-23-38-25-39-27)34(48)43-32(26(3)45)36(50)41-28(20-8-6-2)33(47)37-4/h23,25-26,28-30,32,36,41,44-45,50H,5-22,24H2,1-4H3,(H,37,47)(H,38,39)(H,40,46)(H,42,49)(H,43,48)/t26?,28?,29-,30-,32-,36?/m0/s1. The minimum atomic E-state index is -1.50. The van der Waals surface area contributed by atoms with E-state index in [9.17, 15) is 34.5 Å². The zero-order valence-electron chi connectivity index (χ0n) is 31.0. The molecule has 1 aromatic rings. The molecule has 9 N–H and O–H groups in total. The highest BCUT2D eigenvalue weighted by molar-refractivity contribution is 5.92. The summed E-state index contributed by atoms with van der Waals surface area (Å²) in [6.07, 6.45) is 17.7. The SMILES string of the molecule is CCCCCCCCCCCCCCCC(=O)N[C@@H](CO)C(=O)N[C@@H](Cc1cnc[nH]1)C(=O)N[C@@H](C(C)O)C(O)NC(CCCC)C(=O)NC. The summed E-state index contributed by atoms with van der Waals surface area (Å²) in [5.74, 6) is -2.21. The summed E-state index contributed by atoms with van der Waals surface area (Å²) in [5.41, 5.74) is 0.518. The molecule has 0 aromatic carbocycles. The summed E-state index contributed by atoms with van der Waals surface area (Å²) in [7, 11) is 1.48. The van der Waals surface area contributed by atoms with Crippen LogP contribution in [-0.2, 0) is 25.6 Å². The molecule has 0 aliphatic carbocycles. The predicted octanol–water partition coefficient (Wildman–Crippen LogP) is 2.47. The number of H-pyrrole nitrogens is 1. The molecule has 14 heteroatoms. The molecule has 14 nitrogen and oxygen atoms in total. The summed E-state index contributed by atoms with van der Waals surface area (Å²) >= 11 is 0. The van der Waals surface area contributed by atoms with E-state index in [2.05, 4.69) is 43.5 Å². The fourth-order valence-corrected chi connectivity index (χ4v) is 5.77. The number of aromatic nitrogens is 2. The van der Waals surface area contributed by atoms with Gasteiger partial charge in [-0.25, -0.2) is 4.98 Å². The van der Waals surface area contributed by atoms with Gasteiger partial charge in [0.2, 0.25) is 23.6 Å². The van der Waals surface area contributed by atoms with Crippen LogP contribution >= 0.6 is 0 Å². The van der Waals surface area contributed by atoms with Gasteiger partial charge in [0.05, 0.1) is 31.1 Å². The van der Waals surface area contributed by atoms with Gasteiger partial charge in [-0.1, -0.05) is 104 Å². The van der Waals surface area contributed by atoms with E-state index in [1.54, 1.807) is 0 Å². The second-order valence-electron chi connectivity index (χ2n) is 13.3. The molecule has 288 valence electrons. The maximum atomic E-state index is 13.5. The number of unbranched alkanes of at least 4 members (excludes halogenated alkanes) is 13. The number of aliphatic hydroxyl groups excluding tert-OH is 3. The molecular weight excluding hydrogens is 642 g/mol. The predicted molar refractivity (Wildman–Crippen MR) is 194 cm³/mol. The third-order valence-electron chi connectivity index (χ3n) is 8.90. The van der Waals surface area contributed by atoms with E-state index in [0.29, 0.717) is 25.0 Å². The smallest absolute Gasteiger partial charge is 0.245 e. The second kappa shape index (κ2) is 27.6. The number of likely N-dealkylation sites (N-methyl/N-ethyl adjacent to an activating group) is 1. The molecule has 0 saturated carbocycles. The van der Waals surface area contributed by atoms with Crippen LogP contribution in [0.15, 0.2) is 12.5 Å². The lowest BCUT2D eigenvalue weighted by Crippen LogP contribution is -2.62. The first kappa shape index (κ1) is 45.0. The second-order valence-corrected chi connectivity index (χ2v) is 13.3. The minimum Gasteiger partial charge on any atom is -0.394 e. The third-order valence-corrected chi connectivity index (χ3v) is 8.90. The van der Waals surface area contributed by atoms with E-state index in [4.69, 9.17) is 0 Å². The van der Waals surface area contributed by atoms with Crippen LogP contribution in [-0.4, -0.2) is 99.1 Å². The van der Waals surface area contributed by atoms with Gasteiger partial charge >= 0.3 is 0 Å². The first-order chi connectivity index (χ1) is 24.1. The number of carbonyl (C=O) groups excluding carboxylic acids is 4. The van der Waals surface area contributed by atoms with Gasteiger partial charge in [-0.05, 0) is 19.8 Å². The number of nitrogens with zero attached hydrogens (tertiary/aromatic N) is 1. The molecule has 4 amide bonds. The molecule has 0 aliphatic rings. The molecule has 0 fully saturated rings. The molecule has 0 bridgehead atoms. The first-order valence-corrected chi connectivity index (χ1v) is 18.9. The van der Waals surface area contributed by atoms with Crippen molar-refractivity contribution in [3.63, 3.8) is 0 Å². The minimum absolute atomic E-state index is 0.0317. The summed E-state index contributed by atoms with van der Waals surface area (Å²) in [5, 5.41) is 44.4. The molecule has 1 aromatic heterocycles. The number of rotatable bonds is 30. The van der Waals surface area contributed by atoms with Gasteiger partial charge in [0.25, 0.3) is 0 Å². The van der Waals surface area contributed by atoms with Crippen LogP contribution in [0.1, 0.15) is 136 Å². The van der Waals surface area contributed by atoms with Crippen LogP contribution in [0, 0.1) is 0 Å². The quantitative estimate of drug-likeness (QED) is 0.0423. The van der Waals surface area contributed by atoms with E-state index >= 15 is 0 Å². The number of hydrogen-bond donors (Lipinski definition) is 9. The lowest BCUT2D eigenvalue weighted by atomic mass is 10.0. The highest BCUT2D eigenvalue weighted by atomic mass is 16.3. The highest BCUT2D eigenvalue weighted by Gasteiger charge is 2.33. The van der Waals surface area contributed by atoms with Gasteiger partial charge in [0.15, 0.2) is 0 Å². The lowest BCUT2D eigenvalue weighted by Gasteiger charge is -2.31. The first-order valence-electron chi connectivity index (χ1n) is 18.9. The molecule has 50 heavy (non-hydrogen) atoms. The maximum absolute atomic E-state index is 13.5. The van der Waals surface area contributed by atoms with Crippen LogP contribution in [0.25, 0.3) is 0 Å². The normalized spacial score (nSPS) is 14.9. The van der Waals surface area contributed by atoms with Crippen molar-refractivity contribution in [2.45, 2.75) is 173 Å². The van der Waals surface area contributed by atoms with Crippen molar-refractivity contribution in [3.8, 4) is 0 Å². The van der Waals surface area contributed by atoms with Crippen LogP contribution in [0.5, 0.6) is 0 Å². The fourth-order valence-electron chi connectivity index (χ4n) is 5.77. The van der Waals surface area contributed by atoms with E-state index in [0.717, 1.165) is 25.7 Å². The van der Waals surface area contributed by atoms with Crippen molar-refractivity contribution >= 4 is 23.6 Å². The van der Waals surface area contributed by atoms with Crippen molar-refractivity contribution in [2.75, 3.05) is 13.7 Å².